The van der Waals surface area contributed by atoms with Gasteiger partial charge >= 0.3 is 0 Å². The fourth-order valence-corrected chi connectivity index (χ4v) is 5.06. The minimum atomic E-state index is -0.681. The van der Waals surface area contributed by atoms with Crippen LogP contribution in [0.1, 0.15) is 28.0 Å². The van der Waals surface area contributed by atoms with Crippen LogP contribution in [0.25, 0.3) is 5.78 Å². The predicted octanol–water partition coefficient (Wildman–Crippen LogP) is 1.09. The average Bonchev–Trinajstić information content (AvgIpc) is 3.17. The van der Waals surface area contributed by atoms with Crippen LogP contribution in [-0.4, -0.2) is 54.6 Å². The Morgan fingerprint density at radius 1 is 1.30 bits per heavy atom. The highest BCUT2D eigenvalue weighted by Crippen LogP contribution is 2.32. The zero-order valence-corrected chi connectivity index (χ0v) is 18.1. The van der Waals surface area contributed by atoms with Crippen LogP contribution < -0.4 is 10.9 Å². The van der Waals surface area contributed by atoms with Gasteiger partial charge in [0.2, 0.25) is 5.78 Å². The van der Waals surface area contributed by atoms with Crippen molar-refractivity contribution in [2.75, 3.05) is 13.1 Å². The molecule has 2 N–H and O–H groups in total. The molecule has 0 unspecified atom stereocenters. The molecule has 5 rings (SSSR count). The van der Waals surface area contributed by atoms with Crippen LogP contribution >= 0.6 is 15.9 Å². The van der Waals surface area contributed by atoms with E-state index in [4.69, 9.17) is 0 Å². The number of hydrogen-bond acceptors (Lipinski definition) is 5. The van der Waals surface area contributed by atoms with Crippen molar-refractivity contribution in [3.63, 3.8) is 0 Å². The fraction of sp³-hybridized carbons (Fsp3) is 0.381. The number of piperidine rings is 1. The minimum absolute atomic E-state index is 0.217. The van der Waals surface area contributed by atoms with Crippen molar-refractivity contribution in [1.82, 2.24) is 24.2 Å². The third-order valence-electron chi connectivity index (χ3n) is 6.39. The Morgan fingerprint density at radius 2 is 2.07 bits per heavy atom. The summed E-state index contributed by atoms with van der Waals surface area (Å²) in [5, 5.41) is 14.5. The van der Waals surface area contributed by atoms with Gasteiger partial charge in [-0.2, -0.15) is 0 Å². The number of halogens is 1. The summed E-state index contributed by atoms with van der Waals surface area (Å²) >= 11 is 3.23. The van der Waals surface area contributed by atoms with Gasteiger partial charge in [0.25, 0.3) is 11.5 Å². The molecule has 0 bridgehead atoms. The Bertz CT molecular complexity index is 1220. The summed E-state index contributed by atoms with van der Waals surface area (Å²) in [5.74, 6) is 0.151. The molecule has 156 valence electrons. The first-order chi connectivity index (χ1) is 14.4. The molecule has 1 fully saturated rings. The van der Waals surface area contributed by atoms with Crippen molar-refractivity contribution in [3.05, 3.63) is 68.3 Å². The van der Waals surface area contributed by atoms with Crippen molar-refractivity contribution >= 4 is 27.6 Å². The van der Waals surface area contributed by atoms with Gasteiger partial charge in [0.1, 0.15) is 5.69 Å². The molecule has 3 aromatic rings. The molecule has 4 heterocycles. The van der Waals surface area contributed by atoms with Gasteiger partial charge in [-0.25, -0.2) is 4.98 Å². The zero-order chi connectivity index (χ0) is 21.0. The van der Waals surface area contributed by atoms with E-state index in [-0.39, 0.29) is 23.7 Å². The van der Waals surface area contributed by atoms with Gasteiger partial charge < -0.3 is 15.3 Å². The topological polar surface area (TPSA) is 91.9 Å². The summed E-state index contributed by atoms with van der Waals surface area (Å²) in [6.07, 6.45) is 3.94. The van der Waals surface area contributed by atoms with Gasteiger partial charge in [0, 0.05) is 39.1 Å². The van der Waals surface area contributed by atoms with Crippen LogP contribution in [0.3, 0.4) is 0 Å². The number of likely N-dealkylation sites (tertiary alicyclic amines) is 1. The lowest BCUT2D eigenvalue weighted by Gasteiger charge is -2.48. The number of aromatic nitrogens is 3. The SMILES string of the molecule is Cn1c(=O)c(Br)cn2cc(C(=O)N3CC[C@]4(Cc5ccccc5CN4)[C@H](O)C3)nc12. The maximum Gasteiger partial charge on any atom is 0.274 e. The van der Waals surface area contributed by atoms with Crippen molar-refractivity contribution in [3.8, 4) is 0 Å². The second-order valence-electron chi connectivity index (χ2n) is 8.15. The lowest BCUT2D eigenvalue weighted by Crippen LogP contribution is -2.65. The lowest BCUT2D eigenvalue weighted by atomic mass is 9.76. The highest BCUT2D eigenvalue weighted by atomic mass is 79.9. The van der Waals surface area contributed by atoms with Gasteiger partial charge in [-0.1, -0.05) is 24.3 Å². The molecule has 1 saturated heterocycles. The van der Waals surface area contributed by atoms with Crippen molar-refractivity contribution in [2.45, 2.75) is 31.0 Å². The van der Waals surface area contributed by atoms with Crippen LogP contribution in [0.2, 0.25) is 0 Å². The van der Waals surface area contributed by atoms with Crippen molar-refractivity contribution in [2.24, 2.45) is 7.05 Å². The van der Waals surface area contributed by atoms with E-state index in [2.05, 4.69) is 38.4 Å². The van der Waals surface area contributed by atoms with E-state index in [0.717, 1.165) is 13.0 Å². The molecule has 1 amide bonds. The van der Waals surface area contributed by atoms with Gasteiger partial charge in [-0.05, 0) is 39.9 Å². The first kappa shape index (κ1) is 19.5. The standard InChI is InChI=1S/C21H22BrN5O3/c1-25-18(29)15(22)10-27-11-16(24-20(25)27)19(30)26-7-6-21(17(28)12-26)8-13-4-2-3-5-14(13)9-23-21/h2-5,10-11,17,23,28H,6-9,12H2,1H3/t17-,21+/m1/s1. The molecule has 9 heteroatoms. The number of nitrogens with one attached hydrogen (secondary N) is 1. The van der Waals surface area contributed by atoms with Gasteiger partial charge in [-0.3, -0.25) is 18.6 Å². The molecule has 30 heavy (non-hydrogen) atoms. The fourth-order valence-electron chi connectivity index (χ4n) is 4.57. The van der Waals surface area contributed by atoms with E-state index < -0.39 is 11.6 Å². The van der Waals surface area contributed by atoms with Crippen LogP contribution in [-0.2, 0) is 20.0 Å². The molecule has 2 aliphatic heterocycles. The number of carbonyl (C=O) groups is 1. The van der Waals surface area contributed by atoms with Crippen LogP contribution in [0.15, 0.2) is 45.9 Å². The summed E-state index contributed by atoms with van der Waals surface area (Å²) in [5.41, 5.74) is 2.13. The third kappa shape index (κ3) is 3.00. The Labute approximate surface area is 181 Å². The zero-order valence-electron chi connectivity index (χ0n) is 16.5. The number of β-amino-alcohol motifs (C(OH)–C–C–N with tert-alkyl or cyclic N) is 1. The second kappa shape index (κ2) is 7.04. The molecule has 2 aromatic heterocycles. The summed E-state index contributed by atoms with van der Waals surface area (Å²) in [6, 6.07) is 8.27. The molecular weight excluding hydrogens is 450 g/mol. The highest BCUT2D eigenvalue weighted by Gasteiger charge is 2.45. The average molecular weight is 472 g/mol. The Morgan fingerprint density at radius 3 is 2.83 bits per heavy atom. The molecule has 2 atom stereocenters. The first-order valence-electron chi connectivity index (χ1n) is 9.91. The largest absolute Gasteiger partial charge is 0.389 e. The molecule has 0 radical (unpaired) electrons. The number of fused-ring (bicyclic) bond motifs is 2. The van der Waals surface area contributed by atoms with Gasteiger partial charge in [-0.15, -0.1) is 0 Å². The minimum Gasteiger partial charge on any atom is -0.389 e. The third-order valence-corrected chi connectivity index (χ3v) is 6.94. The van der Waals surface area contributed by atoms with E-state index in [1.165, 1.54) is 15.7 Å². The Hall–Kier alpha value is -2.49. The quantitative estimate of drug-likeness (QED) is 0.554. The molecule has 2 aliphatic rings. The number of hydrogen-bond donors (Lipinski definition) is 2. The molecule has 0 saturated carbocycles. The number of aliphatic hydroxyl groups is 1. The monoisotopic (exact) mass is 471 g/mol. The summed E-state index contributed by atoms with van der Waals surface area (Å²) < 4.78 is 3.44. The highest BCUT2D eigenvalue weighted by molar-refractivity contribution is 9.10. The maximum absolute atomic E-state index is 13.1. The van der Waals surface area contributed by atoms with E-state index in [0.29, 0.717) is 23.2 Å². The van der Waals surface area contributed by atoms with Crippen LogP contribution in [0, 0.1) is 0 Å². The molecule has 0 aliphatic carbocycles. The van der Waals surface area contributed by atoms with E-state index >= 15 is 0 Å². The molecule has 1 aromatic carbocycles. The molecular formula is C21H22BrN5O3. The smallest absolute Gasteiger partial charge is 0.274 e. The van der Waals surface area contributed by atoms with Crippen LogP contribution in [0.5, 0.6) is 0 Å². The Kier molecular flexibility index (Phi) is 4.57. The Balaban J connectivity index is 1.38. The van der Waals surface area contributed by atoms with Crippen molar-refractivity contribution in [1.29, 1.82) is 0 Å². The summed E-state index contributed by atoms with van der Waals surface area (Å²) in [6.45, 7) is 1.49. The molecule has 1 spiro atoms. The van der Waals surface area contributed by atoms with Crippen molar-refractivity contribution < 1.29 is 9.90 Å². The normalized spacial score (nSPS) is 23.7. The first-order valence-corrected chi connectivity index (χ1v) is 10.7. The van der Waals surface area contributed by atoms with Crippen LogP contribution in [0.4, 0.5) is 0 Å². The van der Waals surface area contributed by atoms with E-state index in [9.17, 15) is 14.7 Å². The van der Waals surface area contributed by atoms with E-state index in [1.807, 2.05) is 12.1 Å². The van der Waals surface area contributed by atoms with E-state index in [1.54, 1.807) is 28.7 Å². The number of benzene rings is 1. The number of aliphatic hydroxyl groups excluding tert-OH is 1. The number of imidazole rings is 1. The second-order valence-corrected chi connectivity index (χ2v) is 9.00. The number of aryl methyl sites for hydroxylation is 1. The lowest BCUT2D eigenvalue weighted by molar-refractivity contribution is -0.0140. The number of carbonyl (C=O) groups excluding carboxylic acids is 1. The number of nitrogens with zero attached hydrogens (tertiary/aromatic N) is 4. The van der Waals surface area contributed by atoms with Gasteiger partial charge in [0.15, 0.2) is 0 Å². The van der Waals surface area contributed by atoms with Gasteiger partial charge in [0.05, 0.1) is 16.1 Å². The number of rotatable bonds is 1. The predicted molar refractivity (Wildman–Crippen MR) is 114 cm³/mol. The molecule has 8 nitrogen and oxygen atoms in total. The summed E-state index contributed by atoms with van der Waals surface area (Å²) in [4.78, 5) is 31.2. The maximum atomic E-state index is 13.1. The summed E-state index contributed by atoms with van der Waals surface area (Å²) in [7, 11) is 1.62. The number of amides is 1.